The first-order valence-corrected chi connectivity index (χ1v) is 4.11. The second-order valence-corrected chi connectivity index (χ2v) is 2.69. The van der Waals surface area contributed by atoms with E-state index in [1.54, 1.807) is 24.3 Å². The van der Waals surface area contributed by atoms with Crippen LogP contribution < -0.4 is 4.74 Å². The topological polar surface area (TPSA) is 43.4 Å². The summed E-state index contributed by atoms with van der Waals surface area (Å²) in [6.45, 7) is 0. The molecule has 0 heterocycles. The summed E-state index contributed by atoms with van der Waals surface area (Å²) in [5.74, 6) is 0.450. The van der Waals surface area contributed by atoms with Crippen LogP contribution in [0.3, 0.4) is 0 Å². The van der Waals surface area contributed by atoms with E-state index in [9.17, 15) is 9.36 Å². The van der Waals surface area contributed by atoms with Crippen molar-refractivity contribution >= 4 is 14.0 Å². The molecule has 0 atom stereocenters. The van der Waals surface area contributed by atoms with Gasteiger partial charge in [0.15, 0.2) is 0 Å². The smallest absolute Gasteiger partial charge is 0.256 e. The van der Waals surface area contributed by atoms with Crippen molar-refractivity contribution in [2.75, 3.05) is 7.11 Å². The fraction of sp³-hybridized carbons (Fsp3) is 0.125. The van der Waals surface area contributed by atoms with E-state index < -0.39 is 14.0 Å². The Labute approximate surface area is 71.6 Å². The van der Waals surface area contributed by atoms with Crippen molar-refractivity contribution in [2.45, 2.75) is 0 Å². The van der Waals surface area contributed by atoms with Gasteiger partial charge in [0.05, 0.1) is 12.7 Å². The average molecular weight is 182 g/mol. The highest BCUT2D eigenvalue weighted by Gasteiger charge is 2.10. The van der Waals surface area contributed by atoms with Gasteiger partial charge in [0.2, 0.25) is 8.46 Å². The van der Waals surface area contributed by atoms with Crippen LogP contribution in [0.25, 0.3) is 0 Å². The van der Waals surface area contributed by atoms with Gasteiger partial charge in [0, 0.05) is 0 Å². The van der Waals surface area contributed by atoms with Crippen LogP contribution in [0, 0.1) is 0 Å². The van der Waals surface area contributed by atoms with Gasteiger partial charge in [-0.25, -0.2) is 0 Å². The maximum Gasteiger partial charge on any atom is 0.256 e. The Morgan fingerprint density at radius 2 is 2.08 bits per heavy atom. The zero-order valence-electron chi connectivity index (χ0n) is 6.48. The first-order chi connectivity index (χ1) is 5.79. The highest BCUT2D eigenvalue weighted by Crippen LogP contribution is 2.21. The number of ether oxygens (including phenoxy) is 1. The largest absolute Gasteiger partial charge is 0.496 e. The van der Waals surface area contributed by atoms with E-state index in [1.165, 1.54) is 7.11 Å². The van der Waals surface area contributed by atoms with Crippen molar-refractivity contribution < 1.29 is 14.1 Å². The predicted octanol–water partition coefficient (Wildman–Crippen LogP) is 2.13. The standard InChI is InChI=1S/C8H7O3P/c1-11-7-5-3-2-4-6(7)8(9)12-10/h2-5H,1H3. The molecule has 0 saturated heterocycles. The van der Waals surface area contributed by atoms with E-state index in [1.807, 2.05) is 0 Å². The molecule has 62 valence electrons. The molecule has 0 aromatic heterocycles. The molecule has 0 aliphatic carbocycles. The molecule has 0 fully saturated rings. The molecule has 1 aromatic rings. The molecule has 4 heteroatoms. The number of hydrogen-bond donors (Lipinski definition) is 0. The second kappa shape index (κ2) is 3.98. The van der Waals surface area contributed by atoms with E-state index in [4.69, 9.17) is 4.74 Å². The molecule has 0 aliphatic rings. The van der Waals surface area contributed by atoms with Crippen molar-refractivity contribution in [2.24, 2.45) is 0 Å². The molecule has 0 N–H and O–H groups in total. The number of hydrogen-bond acceptors (Lipinski definition) is 3. The van der Waals surface area contributed by atoms with Gasteiger partial charge in [0.25, 0.3) is 5.52 Å². The lowest BCUT2D eigenvalue weighted by atomic mass is 10.2. The lowest BCUT2D eigenvalue weighted by Crippen LogP contribution is -1.94. The molecule has 1 aromatic carbocycles. The summed E-state index contributed by atoms with van der Waals surface area (Å²) < 4.78 is 15.2. The fourth-order valence-electron chi connectivity index (χ4n) is 0.870. The summed E-state index contributed by atoms with van der Waals surface area (Å²) in [6.07, 6.45) is 0. The summed E-state index contributed by atoms with van der Waals surface area (Å²) in [5.41, 5.74) is -0.121. The van der Waals surface area contributed by atoms with Gasteiger partial charge < -0.3 is 4.74 Å². The maximum absolute atomic E-state index is 11.0. The van der Waals surface area contributed by atoms with Gasteiger partial charge in [-0.2, -0.15) is 0 Å². The van der Waals surface area contributed by atoms with Crippen molar-refractivity contribution in [3.8, 4) is 5.75 Å². The molecule has 0 bridgehead atoms. The Balaban J connectivity index is 3.13. The average Bonchev–Trinajstić information content (AvgIpc) is 2.16. The minimum atomic E-state index is -0.511. The van der Waals surface area contributed by atoms with Crippen molar-refractivity contribution in [1.82, 2.24) is 0 Å². The lowest BCUT2D eigenvalue weighted by Gasteiger charge is -2.02. The molecular formula is C8H7O3P. The summed E-state index contributed by atoms with van der Waals surface area (Å²) >= 11 is 0. The van der Waals surface area contributed by atoms with Gasteiger partial charge in [-0.15, -0.1) is 0 Å². The van der Waals surface area contributed by atoms with Crippen LogP contribution in [-0.4, -0.2) is 12.6 Å². The van der Waals surface area contributed by atoms with E-state index in [0.29, 0.717) is 11.3 Å². The lowest BCUT2D eigenvalue weighted by molar-refractivity contribution is 0.107. The monoisotopic (exact) mass is 182 g/mol. The van der Waals surface area contributed by atoms with Gasteiger partial charge in [0.1, 0.15) is 5.75 Å². The SMILES string of the molecule is COc1ccccc1C(=O)P=O. The number of methoxy groups -OCH3 is 1. The van der Waals surface area contributed by atoms with Crippen molar-refractivity contribution in [3.05, 3.63) is 29.8 Å². The summed E-state index contributed by atoms with van der Waals surface area (Å²) in [4.78, 5) is 11.0. The minimum absolute atomic E-state index is 0.344. The van der Waals surface area contributed by atoms with E-state index in [0.717, 1.165) is 0 Å². The third kappa shape index (κ3) is 1.69. The summed E-state index contributed by atoms with van der Waals surface area (Å²) in [6, 6.07) is 6.67. The predicted molar refractivity (Wildman–Crippen MR) is 44.9 cm³/mol. The number of benzene rings is 1. The number of carbonyl (C=O) groups excluding carboxylic acids is 1. The van der Waals surface area contributed by atoms with Gasteiger partial charge in [-0.3, -0.25) is 9.36 Å². The van der Waals surface area contributed by atoms with Crippen LogP contribution >= 0.6 is 8.46 Å². The Morgan fingerprint density at radius 3 is 2.67 bits per heavy atom. The molecule has 0 spiro atoms. The van der Waals surface area contributed by atoms with E-state index in [2.05, 4.69) is 0 Å². The zero-order chi connectivity index (χ0) is 8.97. The first-order valence-electron chi connectivity index (χ1n) is 3.30. The third-order valence-electron chi connectivity index (χ3n) is 1.42. The molecule has 1 rings (SSSR count). The molecule has 12 heavy (non-hydrogen) atoms. The van der Waals surface area contributed by atoms with Crippen LogP contribution in [0.1, 0.15) is 10.4 Å². The zero-order valence-corrected chi connectivity index (χ0v) is 7.38. The Morgan fingerprint density at radius 1 is 1.42 bits per heavy atom. The van der Waals surface area contributed by atoms with Crippen molar-refractivity contribution in [1.29, 1.82) is 0 Å². The van der Waals surface area contributed by atoms with Crippen molar-refractivity contribution in [3.63, 3.8) is 0 Å². The highest BCUT2D eigenvalue weighted by molar-refractivity contribution is 7.47. The van der Waals surface area contributed by atoms with Gasteiger partial charge >= 0.3 is 0 Å². The Bertz CT molecular complexity index is 309. The second-order valence-electron chi connectivity index (χ2n) is 2.10. The summed E-state index contributed by atoms with van der Waals surface area (Å²) in [7, 11) is 0.955. The van der Waals surface area contributed by atoms with Crippen LogP contribution in [0.5, 0.6) is 5.75 Å². The van der Waals surface area contributed by atoms with Crippen LogP contribution in [-0.2, 0) is 4.57 Å². The fourth-order valence-corrected chi connectivity index (χ4v) is 1.15. The first kappa shape index (κ1) is 8.88. The highest BCUT2D eigenvalue weighted by atomic mass is 31.1. The van der Waals surface area contributed by atoms with Crippen LogP contribution in [0.4, 0.5) is 0 Å². The van der Waals surface area contributed by atoms with Gasteiger partial charge in [-0.1, -0.05) is 12.1 Å². The van der Waals surface area contributed by atoms with E-state index >= 15 is 0 Å². The van der Waals surface area contributed by atoms with Crippen LogP contribution in [0.15, 0.2) is 24.3 Å². The van der Waals surface area contributed by atoms with Crippen LogP contribution in [0.2, 0.25) is 0 Å². The normalized spacial score (nSPS) is 9.75. The number of carbonyl (C=O) groups is 1. The molecule has 0 radical (unpaired) electrons. The quantitative estimate of drug-likeness (QED) is 0.672. The Hall–Kier alpha value is -1.21. The molecule has 0 unspecified atom stereocenters. The minimum Gasteiger partial charge on any atom is -0.496 e. The van der Waals surface area contributed by atoms with Gasteiger partial charge in [-0.05, 0) is 12.1 Å². The summed E-state index contributed by atoms with van der Waals surface area (Å²) in [5, 5.41) is 0. The third-order valence-corrected chi connectivity index (χ3v) is 1.83. The molecular weight excluding hydrogens is 175 g/mol. The van der Waals surface area contributed by atoms with E-state index in [-0.39, 0.29) is 0 Å². The Kier molecular flexibility index (Phi) is 2.94. The maximum atomic E-state index is 11.0. The molecule has 0 aliphatic heterocycles. The number of rotatable bonds is 3. The molecule has 3 nitrogen and oxygen atoms in total. The molecule has 0 amide bonds. The molecule has 0 saturated carbocycles. The number of para-hydroxylation sites is 1.